The van der Waals surface area contributed by atoms with Crippen molar-refractivity contribution < 1.29 is 45.4 Å². The molecule has 0 aliphatic heterocycles. The molecule has 0 fully saturated rings. The van der Waals surface area contributed by atoms with Gasteiger partial charge in [-0.05, 0) is 36.4 Å². The smallest absolute Gasteiger partial charge is 0.416 e. The monoisotopic (exact) mass is 540 g/mol. The molecule has 0 bridgehead atoms. The summed E-state index contributed by atoms with van der Waals surface area (Å²) in [4.78, 5) is 28.2. The molecule has 2 aromatic carbocycles. The molecule has 0 radical (unpaired) electrons. The number of methoxy groups -OCH3 is 1. The van der Waals surface area contributed by atoms with E-state index in [4.69, 9.17) is 9.84 Å². The van der Waals surface area contributed by atoms with Gasteiger partial charge in [0, 0.05) is 36.0 Å². The maximum atomic E-state index is 13.7. The van der Waals surface area contributed by atoms with Crippen molar-refractivity contribution in [3.63, 3.8) is 0 Å². The molecule has 37 heavy (non-hydrogen) atoms. The van der Waals surface area contributed by atoms with Gasteiger partial charge in [-0.3, -0.25) is 14.6 Å². The fraction of sp³-hybridized carbons (Fsp3) is 0.208. The Balaban J connectivity index is 2.11. The molecule has 13 heteroatoms. The molecule has 3 aromatic rings. The fourth-order valence-electron chi connectivity index (χ4n) is 3.48. The zero-order valence-electron chi connectivity index (χ0n) is 19.4. The highest BCUT2D eigenvalue weighted by Crippen LogP contribution is 2.37. The highest BCUT2D eigenvalue weighted by molar-refractivity contribution is 7.91. The van der Waals surface area contributed by atoms with E-state index < -0.39 is 61.9 Å². The van der Waals surface area contributed by atoms with Crippen molar-refractivity contribution in [1.29, 1.82) is 0 Å². The third kappa shape index (κ3) is 6.23. The molecule has 0 spiro atoms. The van der Waals surface area contributed by atoms with Crippen LogP contribution in [-0.2, 0) is 20.8 Å². The maximum absolute atomic E-state index is 13.7. The Kier molecular flexibility index (Phi) is 7.86. The summed E-state index contributed by atoms with van der Waals surface area (Å²) in [6.45, 7) is 0. The summed E-state index contributed by atoms with van der Waals surface area (Å²) >= 11 is 0. The SMILES string of the molecule is COc1cc(F)ccc1-c1ccncc1N(C)C(=O)c1cc(C(F)(F)F)cc(S(=O)(=O)CCC(=O)O)c1. The minimum absolute atomic E-state index is 0.116. The molecule has 1 amide bonds. The van der Waals surface area contributed by atoms with Crippen molar-refractivity contribution in [2.45, 2.75) is 17.5 Å². The second-order valence-electron chi connectivity index (χ2n) is 7.81. The summed E-state index contributed by atoms with van der Waals surface area (Å²) in [5.41, 5.74) is -1.18. The van der Waals surface area contributed by atoms with Gasteiger partial charge in [-0.1, -0.05) is 0 Å². The Bertz CT molecular complexity index is 1460. The summed E-state index contributed by atoms with van der Waals surface area (Å²) in [5, 5.41) is 8.78. The Morgan fingerprint density at radius 1 is 1.08 bits per heavy atom. The second-order valence-corrected chi connectivity index (χ2v) is 9.92. The summed E-state index contributed by atoms with van der Waals surface area (Å²) < 4.78 is 84.7. The standard InChI is InChI=1S/C24H20F4N2O6S/c1-30(20-13-29-7-5-18(20)19-4-3-16(25)12-21(19)36-2)23(33)14-9-15(24(26,27)28)11-17(10-14)37(34,35)8-6-22(31)32/h3-5,7,9-13H,6,8H2,1-2H3,(H,31,32). The molecule has 3 rings (SSSR count). The van der Waals surface area contributed by atoms with E-state index in [2.05, 4.69) is 4.98 Å². The van der Waals surface area contributed by atoms with Crippen molar-refractivity contribution in [2.24, 2.45) is 0 Å². The zero-order valence-corrected chi connectivity index (χ0v) is 20.2. The summed E-state index contributed by atoms with van der Waals surface area (Å²) in [7, 11) is -1.91. The van der Waals surface area contributed by atoms with Gasteiger partial charge in [0.15, 0.2) is 9.84 Å². The van der Waals surface area contributed by atoms with E-state index >= 15 is 0 Å². The average molecular weight is 540 g/mol. The molecule has 8 nitrogen and oxygen atoms in total. The molecule has 0 unspecified atom stereocenters. The molecule has 0 atom stereocenters. The second kappa shape index (κ2) is 10.5. The average Bonchev–Trinajstić information content (AvgIpc) is 2.85. The first kappa shape index (κ1) is 27.6. The number of hydrogen-bond acceptors (Lipinski definition) is 6. The van der Waals surface area contributed by atoms with Crippen LogP contribution < -0.4 is 9.64 Å². The Labute approximate surface area is 209 Å². The quantitative estimate of drug-likeness (QED) is 0.420. The van der Waals surface area contributed by atoms with E-state index in [1.54, 1.807) is 0 Å². The minimum Gasteiger partial charge on any atom is -0.496 e. The van der Waals surface area contributed by atoms with Gasteiger partial charge < -0.3 is 14.7 Å². The number of halogens is 4. The van der Waals surface area contributed by atoms with Crippen LogP contribution in [0, 0.1) is 5.82 Å². The van der Waals surface area contributed by atoms with Gasteiger partial charge in [0.25, 0.3) is 5.91 Å². The van der Waals surface area contributed by atoms with Gasteiger partial charge in [0.05, 0.1) is 41.6 Å². The molecule has 1 aromatic heterocycles. The molecule has 1 N–H and O–H groups in total. The number of pyridine rings is 1. The van der Waals surface area contributed by atoms with Gasteiger partial charge in [0.1, 0.15) is 11.6 Å². The third-order valence-electron chi connectivity index (χ3n) is 5.34. The number of nitrogens with zero attached hydrogens (tertiary/aromatic N) is 2. The van der Waals surface area contributed by atoms with Crippen molar-refractivity contribution >= 4 is 27.4 Å². The van der Waals surface area contributed by atoms with E-state index in [9.17, 15) is 35.6 Å². The summed E-state index contributed by atoms with van der Waals surface area (Å²) in [6, 6.07) is 6.77. The number of aliphatic carboxylic acids is 1. The molecule has 196 valence electrons. The molecule has 0 aliphatic carbocycles. The summed E-state index contributed by atoms with van der Waals surface area (Å²) in [5.74, 6) is -3.87. The van der Waals surface area contributed by atoms with Crippen LogP contribution in [0.15, 0.2) is 59.8 Å². The van der Waals surface area contributed by atoms with Gasteiger partial charge in [-0.2, -0.15) is 13.2 Å². The predicted octanol–water partition coefficient (Wildman–Crippen LogP) is 4.44. The number of aromatic nitrogens is 1. The molecule has 1 heterocycles. The van der Waals surface area contributed by atoms with Crippen molar-refractivity contribution in [3.8, 4) is 16.9 Å². The Morgan fingerprint density at radius 2 is 1.78 bits per heavy atom. The Morgan fingerprint density at radius 3 is 2.41 bits per heavy atom. The topological polar surface area (TPSA) is 114 Å². The van der Waals surface area contributed by atoms with Crippen LogP contribution >= 0.6 is 0 Å². The third-order valence-corrected chi connectivity index (χ3v) is 7.04. The van der Waals surface area contributed by atoms with Gasteiger partial charge in [-0.15, -0.1) is 0 Å². The number of amides is 1. The van der Waals surface area contributed by atoms with Crippen molar-refractivity contribution in [1.82, 2.24) is 4.98 Å². The van der Waals surface area contributed by atoms with E-state index in [1.807, 2.05) is 0 Å². The lowest BCUT2D eigenvalue weighted by molar-refractivity contribution is -0.138. The molecular formula is C24H20F4N2O6S. The van der Waals surface area contributed by atoms with Crippen LogP contribution in [0.4, 0.5) is 23.2 Å². The van der Waals surface area contributed by atoms with Gasteiger partial charge in [0.2, 0.25) is 0 Å². The van der Waals surface area contributed by atoms with Crippen LogP contribution in [0.25, 0.3) is 11.1 Å². The van der Waals surface area contributed by atoms with E-state index in [-0.39, 0.29) is 11.4 Å². The number of benzene rings is 2. The largest absolute Gasteiger partial charge is 0.496 e. The number of carbonyl (C=O) groups is 2. The molecule has 0 saturated heterocycles. The number of anilines is 1. The molecule has 0 saturated carbocycles. The fourth-order valence-corrected chi connectivity index (χ4v) is 4.77. The number of ether oxygens (including phenoxy) is 1. The number of rotatable bonds is 8. The van der Waals surface area contributed by atoms with Crippen LogP contribution in [-0.4, -0.2) is 50.3 Å². The highest BCUT2D eigenvalue weighted by atomic mass is 32.2. The number of carboxylic acid groups (broad SMARTS) is 1. The van der Waals surface area contributed by atoms with E-state index in [0.717, 1.165) is 23.1 Å². The number of sulfone groups is 1. The molecule has 0 aliphatic rings. The van der Waals surface area contributed by atoms with Crippen LogP contribution in [0.2, 0.25) is 0 Å². The number of carboxylic acids is 1. The van der Waals surface area contributed by atoms with Crippen LogP contribution in [0.3, 0.4) is 0 Å². The minimum atomic E-state index is -4.99. The number of alkyl halides is 3. The molecular weight excluding hydrogens is 520 g/mol. The lowest BCUT2D eigenvalue weighted by Gasteiger charge is -2.22. The highest BCUT2D eigenvalue weighted by Gasteiger charge is 2.34. The van der Waals surface area contributed by atoms with Crippen molar-refractivity contribution in [2.75, 3.05) is 24.8 Å². The van der Waals surface area contributed by atoms with Crippen LogP contribution in [0.1, 0.15) is 22.3 Å². The maximum Gasteiger partial charge on any atom is 0.416 e. The van der Waals surface area contributed by atoms with Crippen LogP contribution in [0.5, 0.6) is 5.75 Å². The van der Waals surface area contributed by atoms with Crippen molar-refractivity contribution in [3.05, 3.63) is 71.8 Å². The first-order valence-corrected chi connectivity index (χ1v) is 12.1. The Hall–Kier alpha value is -4.00. The predicted molar refractivity (Wildman–Crippen MR) is 125 cm³/mol. The van der Waals surface area contributed by atoms with E-state index in [1.165, 1.54) is 38.7 Å². The lowest BCUT2D eigenvalue weighted by atomic mass is 10.0. The summed E-state index contributed by atoms with van der Waals surface area (Å²) in [6.07, 6.45) is -3.18. The first-order chi connectivity index (χ1) is 17.2. The first-order valence-electron chi connectivity index (χ1n) is 10.5. The number of carbonyl (C=O) groups excluding carboxylic acids is 1. The normalized spacial score (nSPS) is 11.7. The zero-order chi connectivity index (χ0) is 27.5. The lowest BCUT2D eigenvalue weighted by Crippen LogP contribution is -2.28. The van der Waals surface area contributed by atoms with Gasteiger partial charge in [-0.25, -0.2) is 12.8 Å². The van der Waals surface area contributed by atoms with Gasteiger partial charge >= 0.3 is 12.1 Å². The van der Waals surface area contributed by atoms with E-state index in [0.29, 0.717) is 23.3 Å². The number of hydrogen-bond donors (Lipinski definition) is 1.